The molecule has 2 rings (SSSR count). The van der Waals surface area contributed by atoms with Gasteiger partial charge in [-0.15, -0.1) is 0 Å². The van der Waals surface area contributed by atoms with Gasteiger partial charge in [0.1, 0.15) is 11.5 Å². The summed E-state index contributed by atoms with van der Waals surface area (Å²) in [5, 5.41) is 2.69. The lowest BCUT2D eigenvalue weighted by Crippen LogP contribution is -2.37. The molecule has 0 aliphatic carbocycles. The van der Waals surface area contributed by atoms with E-state index in [1.54, 1.807) is 44.2 Å². The second kappa shape index (κ2) is 8.88. The first-order chi connectivity index (χ1) is 12.8. The first kappa shape index (κ1) is 20.7. The summed E-state index contributed by atoms with van der Waals surface area (Å²) in [6.45, 7) is 3.33. The number of rotatable bonds is 8. The Morgan fingerprint density at radius 1 is 1.11 bits per heavy atom. The molecule has 0 aromatic heterocycles. The highest BCUT2D eigenvalue weighted by molar-refractivity contribution is 7.89. The zero-order chi connectivity index (χ0) is 20.0. The Morgan fingerprint density at radius 3 is 2.44 bits per heavy atom. The SMILES string of the molecule is CCN(CC(=O)Nc1cccc(OC)c1)S(=O)(=O)c1ccc(OC)c(C)c1. The Bertz CT molecular complexity index is 912. The molecule has 0 saturated carbocycles. The maximum atomic E-state index is 12.9. The molecule has 8 heteroatoms. The van der Waals surface area contributed by atoms with E-state index in [0.717, 1.165) is 4.31 Å². The van der Waals surface area contributed by atoms with Crippen molar-refractivity contribution in [2.45, 2.75) is 18.7 Å². The largest absolute Gasteiger partial charge is 0.497 e. The van der Waals surface area contributed by atoms with Gasteiger partial charge in [-0.3, -0.25) is 4.79 Å². The third-order valence-corrected chi connectivity index (χ3v) is 5.95. The first-order valence-electron chi connectivity index (χ1n) is 8.40. The molecule has 0 radical (unpaired) electrons. The van der Waals surface area contributed by atoms with E-state index in [4.69, 9.17) is 9.47 Å². The van der Waals surface area contributed by atoms with E-state index in [-0.39, 0.29) is 18.0 Å². The van der Waals surface area contributed by atoms with E-state index in [1.165, 1.54) is 26.4 Å². The number of likely N-dealkylation sites (N-methyl/N-ethyl adjacent to an activating group) is 1. The zero-order valence-electron chi connectivity index (χ0n) is 15.9. The number of sulfonamides is 1. The summed E-state index contributed by atoms with van der Waals surface area (Å²) in [5.74, 6) is 0.771. The monoisotopic (exact) mass is 392 g/mol. The van der Waals surface area contributed by atoms with Crippen LogP contribution in [0, 0.1) is 6.92 Å². The van der Waals surface area contributed by atoms with Crippen LogP contribution in [0.25, 0.3) is 0 Å². The Kier molecular flexibility index (Phi) is 6.81. The molecule has 0 heterocycles. The van der Waals surface area contributed by atoms with Crippen molar-refractivity contribution in [1.82, 2.24) is 4.31 Å². The fourth-order valence-corrected chi connectivity index (χ4v) is 4.08. The molecule has 146 valence electrons. The molecule has 2 aromatic carbocycles. The number of ether oxygens (including phenoxy) is 2. The number of methoxy groups -OCH3 is 2. The van der Waals surface area contributed by atoms with E-state index in [0.29, 0.717) is 22.7 Å². The molecule has 0 saturated heterocycles. The van der Waals surface area contributed by atoms with Crippen molar-refractivity contribution < 1.29 is 22.7 Å². The average molecular weight is 392 g/mol. The number of hydrogen-bond donors (Lipinski definition) is 1. The predicted octanol–water partition coefficient (Wildman–Crippen LogP) is 2.66. The zero-order valence-corrected chi connectivity index (χ0v) is 16.7. The summed E-state index contributed by atoms with van der Waals surface area (Å²) in [5.41, 5.74) is 1.24. The topological polar surface area (TPSA) is 84.9 Å². The van der Waals surface area contributed by atoms with Crippen molar-refractivity contribution in [2.75, 3.05) is 32.6 Å². The van der Waals surface area contributed by atoms with Crippen LogP contribution in [0.4, 0.5) is 5.69 Å². The van der Waals surface area contributed by atoms with Crippen LogP contribution in [0.2, 0.25) is 0 Å². The van der Waals surface area contributed by atoms with Gasteiger partial charge in [0, 0.05) is 18.3 Å². The molecule has 0 spiro atoms. The third kappa shape index (κ3) is 4.99. The molecule has 1 amide bonds. The summed E-state index contributed by atoms with van der Waals surface area (Å²) >= 11 is 0. The maximum Gasteiger partial charge on any atom is 0.243 e. The number of nitrogens with zero attached hydrogens (tertiary/aromatic N) is 1. The molecule has 0 aliphatic heterocycles. The van der Waals surface area contributed by atoms with Gasteiger partial charge in [-0.1, -0.05) is 13.0 Å². The fraction of sp³-hybridized carbons (Fsp3) is 0.316. The fourth-order valence-electron chi connectivity index (χ4n) is 2.59. The van der Waals surface area contributed by atoms with Gasteiger partial charge in [-0.25, -0.2) is 8.42 Å². The van der Waals surface area contributed by atoms with Crippen molar-refractivity contribution in [2.24, 2.45) is 0 Å². The molecule has 0 atom stereocenters. The second-order valence-electron chi connectivity index (χ2n) is 5.84. The standard InChI is InChI=1S/C19H24N2O5S/c1-5-21(13-19(22)20-15-7-6-8-16(12-15)25-3)27(23,24)17-9-10-18(26-4)14(2)11-17/h6-12H,5,13H2,1-4H3,(H,20,22). The van der Waals surface area contributed by atoms with E-state index in [9.17, 15) is 13.2 Å². The highest BCUT2D eigenvalue weighted by Gasteiger charge is 2.26. The summed E-state index contributed by atoms with van der Waals surface area (Å²) < 4.78 is 37.2. The number of hydrogen-bond acceptors (Lipinski definition) is 5. The van der Waals surface area contributed by atoms with Crippen LogP contribution in [0.3, 0.4) is 0 Å². The van der Waals surface area contributed by atoms with Gasteiger partial charge in [0.2, 0.25) is 15.9 Å². The third-order valence-electron chi connectivity index (χ3n) is 4.03. The van der Waals surface area contributed by atoms with Gasteiger partial charge >= 0.3 is 0 Å². The van der Waals surface area contributed by atoms with Crippen LogP contribution in [-0.2, 0) is 14.8 Å². The number of carbonyl (C=O) groups is 1. The number of nitrogens with one attached hydrogen (secondary N) is 1. The van der Waals surface area contributed by atoms with E-state index in [2.05, 4.69) is 5.32 Å². The van der Waals surface area contributed by atoms with Crippen LogP contribution in [0.5, 0.6) is 11.5 Å². The van der Waals surface area contributed by atoms with Crippen molar-refractivity contribution >= 4 is 21.6 Å². The Balaban J connectivity index is 2.17. The van der Waals surface area contributed by atoms with Crippen LogP contribution >= 0.6 is 0 Å². The van der Waals surface area contributed by atoms with Gasteiger partial charge in [-0.05, 0) is 42.8 Å². The smallest absolute Gasteiger partial charge is 0.243 e. The summed E-state index contributed by atoms with van der Waals surface area (Å²) in [4.78, 5) is 12.5. The Morgan fingerprint density at radius 2 is 1.85 bits per heavy atom. The van der Waals surface area contributed by atoms with Crippen molar-refractivity contribution in [1.29, 1.82) is 0 Å². The molecule has 1 N–H and O–H groups in total. The number of benzene rings is 2. The number of aryl methyl sites for hydroxylation is 1. The van der Waals surface area contributed by atoms with Gasteiger partial charge in [0.15, 0.2) is 0 Å². The molecule has 27 heavy (non-hydrogen) atoms. The van der Waals surface area contributed by atoms with Crippen LogP contribution < -0.4 is 14.8 Å². The van der Waals surface area contributed by atoms with Crippen molar-refractivity contribution in [3.63, 3.8) is 0 Å². The minimum atomic E-state index is -3.81. The molecule has 0 unspecified atom stereocenters. The van der Waals surface area contributed by atoms with Gasteiger partial charge < -0.3 is 14.8 Å². The lowest BCUT2D eigenvalue weighted by atomic mass is 10.2. The van der Waals surface area contributed by atoms with Gasteiger partial charge in [0.05, 0.1) is 25.7 Å². The maximum absolute atomic E-state index is 12.9. The van der Waals surface area contributed by atoms with E-state index >= 15 is 0 Å². The van der Waals surface area contributed by atoms with E-state index < -0.39 is 15.9 Å². The minimum absolute atomic E-state index is 0.122. The van der Waals surface area contributed by atoms with Crippen LogP contribution in [-0.4, -0.2) is 45.9 Å². The summed E-state index contributed by atoms with van der Waals surface area (Å²) in [6.07, 6.45) is 0. The molecule has 2 aromatic rings. The molecule has 0 fully saturated rings. The molecular weight excluding hydrogens is 368 g/mol. The number of anilines is 1. The highest BCUT2D eigenvalue weighted by Crippen LogP contribution is 2.24. The Labute approximate surface area is 160 Å². The minimum Gasteiger partial charge on any atom is -0.497 e. The quantitative estimate of drug-likeness (QED) is 0.747. The predicted molar refractivity (Wildman–Crippen MR) is 104 cm³/mol. The summed E-state index contributed by atoms with van der Waals surface area (Å²) in [7, 11) is -0.750. The van der Waals surface area contributed by atoms with Gasteiger partial charge in [0.25, 0.3) is 0 Å². The molecule has 7 nitrogen and oxygen atoms in total. The molecule has 0 aliphatic rings. The van der Waals surface area contributed by atoms with Crippen molar-refractivity contribution in [3.8, 4) is 11.5 Å². The molecular formula is C19H24N2O5S. The number of amides is 1. The molecule has 0 bridgehead atoms. The lowest BCUT2D eigenvalue weighted by molar-refractivity contribution is -0.116. The highest BCUT2D eigenvalue weighted by atomic mass is 32.2. The van der Waals surface area contributed by atoms with Crippen LogP contribution in [0.1, 0.15) is 12.5 Å². The van der Waals surface area contributed by atoms with Gasteiger partial charge in [-0.2, -0.15) is 4.31 Å². The number of carbonyl (C=O) groups excluding carboxylic acids is 1. The average Bonchev–Trinajstić information content (AvgIpc) is 2.65. The first-order valence-corrected chi connectivity index (χ1v) is 9.84. The van der Waals surface area contributed by atoms with Crippen LogP contribution in [0.15, 0.2) is 47.4 Å². The Hall–Kier alpha value is -2.58. The normalized spacial score (nSPS) is 11.3. The van der Waals surface area contributed by atoms with E-state index in [1.807, 2.05) is 0 Å². The second-order valence-corrected chi connectivity index (χ2v) is 7.78. The lowest BCUT2D eigenvalue weighted by Gasteiger charge is -2.20. The van der Waals surface area contributed by atoms with Crippen molar-refractivity contribution in [3.05, 3.63) is 48.0 Å². The summed E-state index contributed by atoms with van der Waals surface area (Å²) in [6, 6.07) is 11.5.